The minimum Gasteiger partial charge on any atom is -0.357 e. The monoisotopic (exact) mass is 280 g/mol. The summed E-state index contributed by atoms with van der Waals surface area (Å²) < 4.78 is 0. The molecular formula is C16H32N4. The van der Waals surface area contributed by atoms with E-state index in [9.17, 15) is 0 Å². The molecule has 4 nitrogen and oxygen atoms in total. The molecule has 20 heavy (non-hydrogen) atoms. The van der Waals surface area contributed by atoms with Crippen molar-refractivity contribution < 1.29 is 0 Å². The van der Waals surface area contributed by atoms with Gasteiger partial charge in [0.25, 0.3) is 0 Å². The van der Waals surface area contributed by atoms with Gasteiger partial charge in [0.2, 0.25) is 0 Å². The molecule has 1 heterocycles. The van der Waals surface area contributed by atoms with E-state index in [2.05, 4.69) is 36.3 Å². The van der Waals surface area contributed by atoms with E-state index in [4.69, 9.17) is 4.99 Å². The Labute approximate surface area is 124 Å². The molecule has 4 heteroatoms. The van der Waals surface area contributed by atoms with E-state index in [1.165, 1.54) is 38.8 Å². The Kier molecular flexibility index (Phi) is 6.14. The Morgan fingerprint density at radius 1 is 1.20 bits per heavy atom. The number of rotatable bonds is 7. The second kappa shape index (κ2) is 7.87. The maximum atomic E-state index is 4.83. The van der Waals surface area contributed by atoms with Gasteiger partial charge in [-0.25, -0.2) is 0 Å². The van der Waals surface area contributed by atoms with Crippen molar-refractivity contribution in [2.75, 3.05) is 32.7 Å². The quantitative estimate of drug-likeness (QED) is 0.554. The minimum absolute atomic E-state index is 0.592. The van der Waals surface area contributed by atoms with Gasteiger partial charge in [0.1, 0.15) is 0 Å². The third kappa shape index (κ3) is 4.97. The predicted octanol–water partition coefficient (Wildman–Crippen LogP) is 2.07. The maximum absolute atomic E-state index is 4.83. The lowest BCUT2D eigenvalue weighted by molar-refractivity contribution is 0.197. The van der Waals surface area contributed by atoms with E-state index in [1.54, 1.807) is 0 Å². The topological polar surface area (TPSA) is 39.7 Å². The van der Waals surface area contributed by atoms with Crippen molar-refractivity contribution in [1.82, 2.24) is 15.5 Å². The van der Waals surface area contributed by atoms with Crippen molar-refractivity contribution >= 4 is 5.96 Å². The second-order valence-electron chi connectivity index (χ2n) is 6.60. The van der Waals surface area contributed by atoms with E-state index < -0.39 is 0 Å². The maximum Gasteiger partial charge on any atom is 0.191 e. The SMILES string of the molecule is CCNC(=NCC(C(C)C)N1CCCC1)NCC1CC1. The normalized spacial score (nSPS) is 22.3. The summed E-state index contributed by atoms with van der Waals surface area (Å²) in [5, 5.41) is 6.86. The van der Waals surface area contributed by atoms with Crippen LogP contribution in [0.1, 0.15) is 46.5 Å². The molecule has 1 aliphatic carbocycles. The molecule has 1 saturated carbocycles. The first-order valence-electron chi connectivity index (χ1n) is 8.47. The van der Waals surface area contributed by atoms with E-state index in [1.807, 2.05) is 0 Å². The Morgan fingerprint density at radius 3 is 2.45 bits per heavy atom. The van der Waals surface area contributed by atoms with E-state index in [-0.39, 0.29) is 0 Å². The van der Waals surface area contributed by atoms with E-state index >= 15 is 0 Å². The van der Waals surface area contributed by atoms with Gasteiger partial charge in [-0.3, -0.25) is 9.89 Å². The van der Waals surface area contributed by atoms with Crippen LogP contribution in [0.4, 0.5) is 0 Å². The van der Waals surface area contributed by atoms with Crippen LogP contribution in [0.3, 0.4) is 0 Å². The molecule has 0 aromatic carbocycles. The largest absolute Gasteiger partial charge is 0.357 e. The van der Waals surface area contributed by atoms with Crippen LogP contribution < -0.4 is 10.6 Å². The standard InChI is InChI=1S/C16H32N4/c1-4-17-16(18-11-14-7-8-14)19-12-15(13(2)3)20-9-5-6-10-20/h13-15H,4-12H2,1-3H3,(H2,17,18,19). The van der Waals surface area contributed by atoms with Gasteiger partial charge in [-0.15, -0.1) is 0 Å². The van der Waals surface area contributed by atoms with Gasteiger partial charge < -0.3 is 10.6 Å². The average molecular weight is 280 g/mol. The molecule has 2 fully saturated rings. The summed E-state index contributed by atoms with van der Waals surface area (Å²) in [4.78, 5) is 7.46. The van der Waals surface area contributed by atoms with Gasteiger partial charge in [-0.2, -0.15) is 0 Å². The third-order valence-electron chi connectivity index (χ3n) is 4.42. The molecule has 0 aromatic rings. The lowest BCUT2D eigenvalue weighted by Crippen LogP contribution is -2.42. The summed E-state index contributed by atoms with van der Waals surface area (Å²) in [5.74, 6) is 2.56. The van der Waals surface area contributed by atoms with Gasteiger partial charge in [0.15, 0.2) is 5.96 Å². The van der Waals surface area contributed by atoms with Crippen LogP contribution in [0.15, 0.2) is 4.99 Å². The highest BCUT2D eigenvalue weighted by Crippen LogP contribution is 2.27. The number of nitrogens with one attached hydrogen (secondary N) is 2. The summed E-state index contributed by atoms with van der Waals surface area (Å²) in [6, 6.07) is 0.592. The second-order valence-corrected chi connectivity index (χ2v) is 6.60. The molecule has 0 amide bonds. The third-order valence-corrected chi connectivity index (χ3v) is 4.42. The van der Waals surface area contributed by atoms with Crippen molar-refractivity contribution in [2.24, 2.45) is 16.8 Å². The molecule has 2 aliphatic rings. The molecule has 0 spiro atoms. The Hall–Kier alpha value is -0.770. The van der Waals surface area contributed by atoms with E-state index in [0.29, 0.717) is 12.0 Å². The molecule has 1 unspecified atom stereocenters. The summed E-state index contributed by atoms with van der Waals surface area (Å²) in [6.45, 7) is 12.2. The predicted molar refractivity (Wildman–Crippen MR) is 86.1 cm³/mol. The van der Waals surface area contributed by atoms with Gasteiger partial charge >= 0.3 is 0 Å². The summed E-state index contributed by atoms with van der Waals surface area (Å²) in [6.07, 6.45) is 5.48. The fourth-order valence-corrected chi connectivity index (χ4v) is 2.91. The van der Waals surface area contributed by atoms with Crippen molar-refractivity contribution in [2.45, 2.75) is 52.5 Å². The van der Waals surface area contributed by atoms with Crippen LogP contribution in [-0.4, -0.2) is 49.6 Å². The summed E-state index contributed by atoms with van der Waals surface area (Å²) in [7, 11) is 0. The number of aliphatic imine (C=N–C) groups is 1. The first-order chi connectivity index (χ1) is 9.70. The van der Waals surface area contributed by atoms with Crippen LogP contribution >= 0.6 is 0 Å². The minimum atomic E-state index is 0.592. The number of hydrogen-bond donors (Lipinski definition) is 2. The molecule has 1 saturated heterocycles. The molecule has 1 atom stereocenters. The molecule has 0 bridgehead atoms. The lowest BCUT2D eigenvalue weighted by atomic mass is 10.0. The molecule has 0 aromatic heterocycles. The van der Waals surface area contributed by atoms with Gasteiger partial charge in [-0.1, -0.05) is 13.8 Å². The zero-order chi connectivity index (χ0) is 14.4. The summed E-state index contributed by atoms with van der Waals surface area (Å²) >= 11 is 0. The molecular weight excluding hydrogens is 248 g/mol. The average Bonchev–Trinajstić information content (AvgIpc) is 3.10. The van der Waals surface area contributed by atoms with Crippen LogP contribution in [0.5, 0.6) is 0 Å². The first-order valence-corrected chi connectivity index (χ1v) is 8.47. The number of guanidine groups is 1. The van der Waals surface area contributed by atoms with Crippen LogP contribution in [0, 0.1) is 11.8 Å². The number of likely N-dealkylation sites (tertiary alicyclic amines) is 1. The number of nitrogens with zero attached hydrogens (tertiary/aromatic N) is 2. The smallest absolute Gasteiger partial charge is 0.191 e. The number of hydrogen-bond acceptors (Lipinski definition) is 2. The molecule has 116 valence electrons. The fourth-order valence-electron chi connectivity index (χ4n) is 2.91. The zero-order valence-electron chi connectivity index (χ0n) is 13.5. The van der Waals surface area contributed by atoms with Gasteiger partial charge in [-0.05, 0) is 57.5 Å². The van der Waals surface area contributed by atoms with Crippen LogP contribution in [0.25, 0.3) is 0 Å². The molecule has 2 rings (SSSR count). The summed E-state index contributed by atoms with van der Waals surface area (Å²) in [5.41, 5.74) is 0. The highest BCUT2D eigenvalue weighted by molar-refractivity contribution is 5.79. The van der Waals surface area contributed by atoms with E-state index in [0.717, 1.165) is 31.5 Å². The van der Waals surface area contributed by atoms with Crippen LogP contribution in [0.2, 0.25) is 0 Å². The van der Waals surface area contributed by atoms with Gasteiger partial charge in [0, 0.05) is 19.1 Å². The van der Waals surface area contributed by atoms with Gasteiger partial charge in [0.05, 0.1) is 6.54 Å². The van der Waals surface area contributed by atoms with Crippen molar-refractivity contribution in [3.8, 4) is 0 Å². The molecule has 2 N–H and O–H groups in total. The Bertz CT molecular complexity index is 304. The molecule has 0 radical (unpaired) electrons. The molecule has 1 aliphatic heterocycles. The Morgan fingerprint density at radius 2 is 1.90 bits per heavy atom. The Balaban J connectivity index is 1.85. The highest BCUT2D eigenvalue weighted by Gasteiger charge is 2.25. The lowest BCUT2D eigenvalue weighted by Gasteiger charge is -2.29. The zero-order valence-corrected chi connectivity index (χ0v) is 13.5. The highest BCUT2D eigenvalue weighted by atomic mass is 15.2. The van der Waals surface area contributed by atoms with Crippen molar-refractivity contribution in [3.05, 3.63) is 0 Å². The van der Waals surface area contributed by atoms with Crippen molar-refractivity contribution in [1.29, 1.82) is 0 Å². The fraction of sp³-hybridized carbons (Fsp3) is 0.938. The van der Waals surface area contributed by atoms with Crippen molar-refractivity contribution in [3.63, 3.8) is 0 Å². The first kappa shape index (κ1) is 15.6. The van der Waals surface area contributed by atoms with Crippen LogP contribution in [-0.2, 0) is 0 Å².